The predicted molar refractivity (Wildman–Crippen MR) is 122 cm³/mol. The number of hydrogen-bond acceptors (Lipinski definition) is 3. The van der Waals surface area contributed by atoms with Gasteiger partial charge in [0.05, 0.1) is 0 Å². The van der Waals surface area contributed by atoms with Gasteiger partial charge in [-0.15, -0.1) is 0 Å². The summed E-state index contributed by atoms with van der Waals surface area (Å²) < 4.78 is 33.7. The van der Waals surface area contributed by atoms with Gasteiger partial charge in [-0.05, 0) is 0 Å². The molecule has 0 unspecified atom stereocenters. The number of aryl methyl sites for hydroxylation is 1. The van der Waals surface area contributed by atoms with Crippen LogP contribution in [-0.4, -0.2) is 8.42 Å². The van der Waals surface area contributed by atoms with Crippen LogP contribution in [0, 0.1) is 20.0 Å². The van der Waals surface area contributed by atoms with Crippen LogP contribution in [0.4, 0.5) is 0 Å². The summed E-state index contributed by atoms with van der Waals surface area (Å²) in [6, 6.07) is 24.7. The molecule has 0 atom stereocenters. The molecule has 3 aromatic carbocycles. The Bertz CT molecular complexity index is 996. The van der Waals surface area contributed by atoms with E-state index in [1.807, 2.05) is 49.4 Å². The van der Waals surface area contributed by atoms with E-state index in [1.165, 1.54) is 5.56 Å². The fourth-order valence-corrected chi connectivity index (χ4v) is 9.70. The maximum atomic E-state index is 12.9. The van der Waals surface area contributed by atoms with E-state index in [2.05, 4.69) is 26.0 Å². The van der Waals surface area contributed by atoms with Crippen molar-refractivity contribution in [2.75, 3.05) is 0 Å². The van der Waals surface area contributed by atoms with Crippen molar-refractivity contribution in [3.63, 3.8) is 0 Å². The van der Waals surface area contributed by atoms with E-state index in [1.54, 1.807) is 24.3 Å². The molecule has 0 bridgehead atoms. The zero-order valence-corrected chi connectivity index (χ0v) is 19.3. The summed E-state index contributed by atoms with van der Waals surface area (Å²) in [6.45, 7) is 6.31. The van der Waals surface area contributed by atoms with Crippen molar-refractivity contribution in [1.82, 2.24) is 0 Å². The summed E-state index contributed by atoms with van der Waals surface area (Å²) in [7, 11) is -3.83. The van der Waals surface area contributed by atoms with E-state index in [-0.39, 0.29) is 4.90 Å². The van der Waals surface area contributed by atoms with E-state index in [9.17, 15) is 8.42 Å². The third-order valence-electron chi connectivity index (χ3n) is 4.14. The van der Waals surface area contributed by atoms with Crippen molar-refractivity contribution in [3.8, 4) is 0 Å². The number of rotatable bonds is 7. The molecule has 28 heavy (non-hydrogen) atoms. The van der Waals surface area contributed by atoms with Gasteiger partial charge in [-0.1, -0.05) is 0 Å². The van der Waals surface area contributed by atoms with Crippen LogP contribution in [0.1, 0.15) is 25.0 Å². The first kappa shape index (κ1) is 21.0. The molecule has 0 heterocycles. The molecule has 5 heteroatoms. The van der Waals surface area contributed by atoms with Crippen molar-refractivity contribution in [1.29, 1.82) is 0 Å². The Balaban J connectivity index is 1.95. The molecular weight excluding hydrogens is 483 g/mol. The second kappa shape index (κ2) is 9.20. The molecule has 3 aromatic rings. The molecule has 0 aliphatic rings. The van der Waals surface area contributed by atoms with Gasteiger partial charge < -0.3 is 0 Å². The van der Waals surface area contributed by atoms with E-state index in [0.717, 1.165) is 19.1 Å². The standard InChI is InChI=1S/C23H25IO3S/c1-18(2)17-20-11-13-22(14-12-20)24(21-7-5-4-6-8-21)27-28(25,26)23-15-9-19(3)10-16-23/h4-16,18H,17H2,1-3H3. The van der Waals surface area contributed by atoms with Crippen molar-refractivity contribution < 1.29 is 10.9 Å². The molecule has 0 aliphatic carbocycles. The minimum atomic E-state index is -3.83. The molecule has 0 amide bonds. The predicted octanol–water partition coefficient (Wildman–Crippen LogP) is 6.06. The van der Waals surface area contributed by atoms with Crippen LogP contribution in [0.2, 0.25) is 0 Å². The quantitative estimate of drug-likeness (QED) is 0.365. The van der Waals surface area contributed by atoms with E-state index in [4.69, 9.17) is 2.51 Å². The molecule has 3 rings (SSSR count). The van der Waals surface area contributed by atoms with Gasteiger partial charge in [-0.3, -0.25) is 0 Å². The average Bonchev–Trinajstić information content (AvgIpc) is 2.67. The van der Waals surface area contributed by atoms with Gasteiger partial charge in [0.15, 0.2) is 0 Å². The molecule has 148 valence electrons. The zero-order valence-electron chi connectivity index (χ0n) is 16.3. The molecule has 3 nitrogen and oxygen atoms in total. The topological polar surface area (TPSA) is 43.4 Å². The maximum absolute atomic E-state index is 12.9. The fourth-order valence-electron chi connectivity index (χ4n) is 2.76. The van der Waals surface area contributed by atoms with Crippen molar-refractivity contribution in [2.24, 2.45) is 5.92 Å². The van der Waals surface area contributed by atoms with E-state index < -0.39 is 30.4 Å². The second-order valence-corrected chi connectivity index (χ2v) is 13.6. The Labute approximate surface area is 175 Å². The summed E-state index contributed by atoms with van der Waals surface area (Å²) in [5.41, 5.74) is 2.27. The Morgan fingerprint density at radius 3 is 1.96 bits per heavy atom. The first-order valence-corrected chi connectivity index (χ1v) is 13.7. The van der Waals surface area contributed by atoms with Gasteiger partial charge in [0.1, 0.15) is 0 Å². The molecule has 0 aliphatic heterocycles. The van der Waals surface area contributed by atoms with E-state index in [0.29, 0.717) is 5.92 Å². The van der Waals surface area contributed by atoms with Crippen molar-refractivity contribution in [2.45, 2.75) is 32.1 Å². The third-order valence-corrected chi connectivity index (χ3v) is 11.5. The minimum absolute atomic E-state index is 0.202. The molecule has 0 spiro atoms. The van der Waals surface area contributed by atoms with Crippen molar-refractivity contribution >= 4 is 30.4 Å². The van der Waals surface area contributed by atoms with Crippen LogP contribution in [0.25, 0.3) is 0 Å². The Kier molecular flexibility index (Phi) is 6.91. The van der Waals surface area contributed by atoms with Crippen LogP contribution in [-0.2, 0) is 19.1 Å². The second-order valence-electron chi connectivity index (χ2n) is 7.10. The zero-order chi connectivity index (χ0) is 20.1. The van der Waals surface area contributed by atoms with Crippen molar-refractivity contribution in [3.05, 3.63) is 97.1 Å². The monoisotopic (exact) mass is 508 g/mol. The van der Waals surface area contributed by atoms with Gasteiger partial charge in [0.25, 0.3) is 0 Å². The van der Waals surface area contributed by atoms with Gasteiger partial charge in [-0.25, -0.2) is 0 Å². The molecule has 0 aromatic heterocycles. The van der Waals surface area contributed by atoms with Gasteiger partial charge in [0, 0.05) is 0 Å². The van der Waals surface area contributed by atoms with Crippen LogP contribution >= 0.6 is 20.2 Å². The first-order valence-electron chi connectivity index (χ1n) is 9.21. The molecular formula is C23H25IO3S. The van der Waals surface area contributed by atoms with Gasteiger partial charge in [0.2, 0.25) is 0 Å². The van der Waals surface area contributed by atoms with Crippen LogP contribution in [0.15, 0.2) is 83.8 Å². The van der Waals surface area contributed by atoms with Crippen LogP contribution in [0.3, 0.4) is 0 Å². The van der Waals surface area contributed by atoms with Gasteiger partial charge >= 0.3 is 176 Å². The Hall–Kier alpha value is -1.70. The molecule has 0 fully saturated rings. The number of benzene rings is 3. The Morgan fingerprint density at radius 2 is 1.39 bits per heavy atom. The van der Waals surface area contributed by atoms with E-state index >= 15 is 0 Å². The molecule has 0 saturated heterocycles. The summed E-state index contributed by atoms with van der Waals surface area (Å²) in [4.78, 5) is 0.202. The molecule has 0 saturated carbocycles. The SMILES string of the molecule is Cc1ccc(S(=O)(=O)OI(c2ccccc2)c2ccc(CC(C)C)cc2)cc1. The summed E-state index contributed by atoms with van der Waals surface area (Å²) in [5.74, 6) is 0.577. The van der Waals surface area contributed by atoms with Crippen LogP contribution in [0.5, 0.6) is 0 Å². The average molecular weight is 508 g/mol. The Morgan fingerprint density at radius 1 is 0.821 bits per heavy atom. The molecule has 0 radical (unpaired) electrons. The van der Waals surface area contributed by atoms with Gasteiger partial charge in [-0.2, -0.15) is 0 Å². The normalized spacial score (nSPS) is 12.2. The summed E-state index contributed by atoms with van der Waals surface area (Å²) in [5, 5.41) is 0. The fraction of sp³-hybridized carbons (Fsp3) is 0.217. The summed E-state index contributed by atoms with van der Waals surface area (Å²) >= 11 is -2.62. The molecule has 0 N–H and O–H groups in total. The third kappa shape index (κ3) is 5.43. The number of halogens is 1. The number of hydrogen-bond donors (Lipinski definition) is 0. The van der Waals surface area contributed by atoms with Crippen LogP contribution < -0.4 is 0 Å². The summed E-state index contributed by atoms with van der Waals surface area (Å²) in [6.07, 6.45) is 1.00. The first-order chi connectivity index (χ1) is 13.3.